The Morgan fingerprint density at radius 3 is 2.75 bits per heavy atom. The van der Waals surface area contributed by atoms with Gasteiger partial charge in [0.25, 0.3) is 0 Å². The molecule has 0 aliphatic carbocycles. The van der Waals surface area contributed by atoms with Gasteiger partial charge in [0.1, 0.15) is 0 Å². The van der Waals surface area contributed by atoms with Crippen molar-refractivity contribution in [1.29, 1.82) is 5.26 Å². The molecule has 1 aliphatic rings. The predicted molar refractivity (Wildman–Crippen MR) is 42.2 cm³/mol. The minimum absolute atomic E-state index is 0.0332. The lowest BCUT2D eigenvalue weighted by atomic mass is 9.88. The number of carbonyl (C=O) groups excluding carboxylic acids is 1. The van der Waals surface area contributed by atoms with Crippen LogP contribution < -0.4 is 0 Å². The SMILES string of the molecule is COC(=O)N1CC(C(C)C#N)C1. The van der Waals surface area contributed by atoms with E-state index in [0.717, 1.165) is 0 Å². The summed E-state index contributed by atoms with van der Waals surface area (Å²) < 4.78 is 4.52. The molecule has 1 saturated heterocycles. The van der Waals surface area contributed by atoms with Crippen LogP contribution in [0.15, 0.2) is 0 Å². The Hall–Kier alpha value is -1.24. The highest BCUT2D eigenvalue weighted by Crippen LogP contribution is 2.23. The first kappa shape index (κ1) is 8.85. The van der Waals surface area contributed by atoms with E-state index in [1.54, 1.807) is 4.90 Å². The summed E-state index contributed by atoms with van der Waals surface area (Å²) in [5.41, 5.74) is 0. The number of carbonyl (C=O) groups is 1. The molecule has 1 aliphatic heterocycles. The molecule has 66 valence electrons. The first-order valence-corrected chi connectivity index (χ1v) is 3.91. The first-order valence-electron chi connectivity index (χ1n) is 3.91. The zero-order valence-corrected chi connectivity index (χ0v) is 7.28. The highest BCUT2D eigenvalue weighted by Gasteiger charge is 2.34. The first-order chi connectivity index (χ1) is 5.69. The van der Waals surface area contributed by atoms with Crippen molar-refractivity contribution in [3.63, 3.8) is 0 Å². The van der Waals surface area contributed by atoms with Crippen LogP contribution in [-0.2, 0) is 4.74 Å². The third-order valence-corrected chi connectivity index (χ3v) is 2.25. The molecule has 1 fully saturated rings. The van der Waals surface area contributed by atoms with E-state index in [1.165, 1.54) is 7.11 Å². The fourth-order valence-corrected chi connectivity index (χ4v) is 1.21. The van der Waals surface area contributed by atoms with Crippen molar-refractivity contribution < 1.29 is 9.53 Å². The molecule has 4 nitrogen and oxygen atoms in total. The van der Waals surface area contributed by atoms with Crippen LogP contribution in [0.5, 0.6) is 0 Å². The molecule has 0 saturated carbocycles. The Morgan fingerprint density at radius 1 is 1.75 bits per heavy atom. The lowest BCUT2D eigenvalue weighted by Gasteiger charge is -2.39. The van der Waals surface area contributed by atoms with E-state index < -0.39 is 0 Å². The van der Waals surface area contributed by atoms with E-state index in [9.17, 15) is 4.79 Å². The third kappa shape index (κ3) is 1.50. The van der Waals surface area contributed by atoms with E-state index in [4.69, 9.17) is 5.26 Å². The standard InChI is InChI=1S/C8H12N2O2/c1-6(3-9)7-4-10(5-7)8(11)12-2/h6-7H,4-5H2,1-2H3. The van der Waals surface area contributed by atoms with Crippen LogP contribution in [0.3, 0.4) is 0 Å². The second-order valence-corrected chi connectivity index (χ2v) is 3.05. The summed E-state index contributed by atoms with van der Waals surface area (Å²) in [4.78, 5) is 12.5. The van der Waals surface area contributed by atoms with Gasteiger partial charge in [-0.15, -0.1) is 0 Å². The summed E-state index contributed by atoms with van der Waals surface area (Å²) in [6, 6.07) is 2.17. The van der Waals surface area contributed by atoms with Crippen molar-refractivity contribution in [3.05, 3.63) is 0 Å². The zero-order chi connectivity index (χ0) is 9.14. The van der Waals surface area contributed by atoms with Gasteiger partial charge in [0, 0.05) is 24.9 Å². The van der Waals surface area contributed by atoms with E-state index >= 15 is 0 Å². The van der Waals surface area contributed by atoms with Crippen molar-refractivity contribution in [3.8, 4) is 6.07 Å². The van der Waals surface area contributed by atoms with E-state index in [-0.39, 0.29) is 12.0 Å². The van der Waals surface area contributed by atoms with Gasteiger partial charge in [-0.05, 0) is 6.92 Å². The molecule has 0 bridgehead atoms. The largest absolute Gasteiger partial charge is 0.453 e. The van der Waals surface area contributed by atoms with Crippen LogP contribution >= 0.6 is 0 Å². The Balaban J connectivity index is 2.29. The molecule has 1 atom stereocenters. The zero-order valence-electron chi connectivity index (χ0n) is 7.28. The molecule has 0 aromatic carbocycles. The van der Waals surface area contributed by atoms with Gasteiger partial charge in [0.15, 0.2) is 0 Å². The number of hydrogen-bond donors (Lipinski definition) is 0. The minimum Gasteiger partial charge on any atom is -0.453 e. The summed E-state index contributed by atoms with van der Waals surface area (Å²) in [7, 11) is 1.36. The van der Waals surface area contributed by atoms with Gasteiger partial charge >= 0.3 is 6.09 Å². The van der Waals surface area contributed by atoms with Crippen molar-refractivity contribution >= 4 is 6.09 Å². The second kappa shape index (κ2) is 3.44. The summed E-state index contributed by atoms with van der Waals surface area (Å²) in [5.74, 6) is 0.361. The fraction of sp³-hybridized carbons (Fsp3) is 0.750. The molecule has 0 spiro atoms. The predicted octanol–water partition coefficient (Wildman–Crippen LogP) is 0.844. The van der Waals surface area contributed by atoms with Gasteiger partial charge in [0.05, 0.1) is 13.2 Å². The van der Waals surface area contributed by atoms with Crippen LogP contribution in [0.1, 0.15) is 6.92 Å². The number of likely N-dealkylation sites (tertiary alicyclic amines) is 1. The van der Waals surface area contributed by atoms with Crippen LogP contribution in [-0.4, -0.2) is 31.2 Å². The van der Waals surface area contributed by atoms with Gasteiger partial charge in [-0.2, -0.15) is 5.26 Å². The van der Waals surface area contributed by atoms with E-state index in [0.29, 0.717) is 19.0 Å². The molecule has 4 heteroatoms. The average Bonchev–Trinajstić information content (AvgIpc) is 2.01. The molecular formula is C8H12N2O2. The quantitative estimate of drug-likeness (QED) is 0.583. The van der Waals surface area contributed by atoms with Gasteiger partial charge < -0.3 is 9.64 Å². The van der Waals surface area contributed by atoms with Gasteiger partial charge in [0.2, 0.25) is 0 Å². The van der Waals surface area contributed by atoms with Crippen molar-refractivity contribution in [2.45, 2.75) is 6.92 Å². The highest BCUT2D eigenvalue weighted by atomic mass is 16.5. The Bertz CT molecular complexity index is 216. The Kier molecular flexibility index (Phi) is 2.54. The summed E-state index contributed by atoms with van der Waals surface area (Å²) >= 11 is 0. The number of ether oxygens (including phenoxy) is 1. The molecule has 12 heavy (non-hydrogen) atoms. The molecule has 0 radical (unpaired) electrons. The minimum atomic E-state index is -0.295. The second-order valence-electron chi connectivity index (χ2n) is 3.05. The topological polar surface area (TPSA) is 53.3 Å². The van der Waals surface area contributed by atoms with Crippen LogP contribution in [0.2, 0.25) is 0 Å². The van der Waals surface area contributed by atoms with E-state index in [1.807, 2.05) is 6.92 Å². The Labute approximate surface area is 71.7 Å². The van der Waals surface area contributed by atoms with Gasteiger partial charge in [-0.3, -0.25) is 0 Å². The van der Waals surface area contributed by atoms with Gasteiger partial charge in [-0.1, -0.05) is 0 Å². The molecule has 1 heterocycles. The Morgan fingerprint density at radius 2 is 2.33 bits per heavy atom. The molecule has 1 amide bonds. The number of rotatable bonds is 1. The lowest BCUT2D eigenvalue weighted by Crippen LogP contribution is -2.52. The maximum atomic E-state index is 10.9. The number of methoxy groups -OCH3 is 1. The van der Waals surface area contributed by atoms with Crippen LogP contribution in [0, 0.1) is 23.2 Å². The molecule has 1 unspecified atom stereocenters. The monoisotopic (exact) mass is 168 g/mol. The van der Waals surface area contributed by atoms with Crippen molar-refractivity contribution in [2.75, 3.05) is 20.2 Å². The van der Waals surface area contributed by atoms with E-state index in [2.05, 4.69) is 10.8 Å². The summed E-state index contributed by atoms with van der Waals surface area (Å²) in [6.07, 6.45) is -0.295. The van der Waals surface area contributed by atoms with Crippen LogP contribution in [0.4, 0.5) is 4.79 Å². The normalized spacial score (nSPS) is 19.2. The number of amides is 1. The maximum Gasteiger partial charge on any atom is 0.409 e. The molecule has 0 aromatic rings. The summed E-state index contributed by atoms with van der Waals surface area (Å²) in [5, 5.41) is 8.57. The van der Waals surface area contributed by atoms with Crippen molar-refractivity contribution in [1.82, 2.24) is 4.90 Å². The number of nitrogens with zero attached hydrogens (tertiary/aromatic N) is 2. The fourth-order valence-electron chi connectivity index (χ4n) is 1.21. The lowest BCUT2D eigenvalue weighted by molar-refractivity contribution is 0.0566. The van der Waals surface area contributed by atoms with Crippen molar-refractivity contribution in [2.24, 2.45) is 11.8 Å². The smallest absolute Gasteiger partial charge is 0.409 e. The molecule has 0 aromatic heterocycles. The van der Waals surface area contributed by atoms with Gasteiger partial charge in [-0.25, -0.2) is 4.79 Å². The van der Waals surface area contributed by atoms with Crippen LogP contribution in [0.25, 0.3) is 0 Å². The molecular weight excluding hydrogens is 156 g/mol. The molecule has 0 N–H and O–H groups in total. The number of nitriles is 1. The summed E-state index contributed by atoms with van der Waals surface area (Å²) in [6.45, 7) is 3.18. The average molecular weight is 168 g/mol. The molecule has 1 rings (SSSR count). The third-order valence-electron chi connectivity index (χ3n) is 2.25. The maximum absolute atomic E-state index is 10.9. The number of hydrogen-bond acceptors (Lipinski definition) is 3. The highest BCUT2D eigenvalue weighted by molar-refractivity contribution is 5.68.